The fourth-order valence-electron chi connectivity index (χ4n) is 4.39. The standard InChI is InChI=1S/C14H25NO/c1-3-10-9-12-11-7-5-6-8-13(11)16-14(12)15(10)4-2/h10-14H,3-9H2,1-2H3. The Morgan fingerprint density at radius 1 is 1.12 bits per heavy atom. The molecule has 0 radical (unpaired) electrons. The highest BCUT2D eigenvalue weighted by atomic mass is 16.5. The van der Waals surface area contributed by atoms with Gasteiger partial charge in [0, 0.05) is 12.0 Å². The monoisotopic (exact) mass is 223 g/mol. The average Bonchev–Trinajstić information content (AvgIpc) is 2.83. The van der Waals surface area contributed by atoms with E-state index < -0.39 is 0 Å². The van der Waals surface area contributed by atoms with Crippen LogP contribution in [0.5, 0.6) is 0 Å². The second-order valence-electron chi connectivity index (χ2n) is 5.81. The van der Waals surface area contributed by atoms with Gasteiger partial charge in [0.2, 0.25) is 0 Å². The van der Waals surface area contributed by atoms with Gasteiger partial charge in [-0.3, -0.25) is 4.90 Å². The van der Waals surface area contributed by atoms with Gasteiger partial charge >= 0.3 is 0 Å². The van der Waals surface area contributed by atoms with Gasteiger partial charge < -0.3 is 4.74 Å². The van der Waals surface area contributed by atoms with Crippen LogP contribution in [-0.4, -0.2) is 29.8 Å². The predicted octanol–water partition coefficient (Wildman–Crippen LogP) is 3.02. The molecule has 16 heavy (non-hydrogen) atoms. The van der Waals surface area contributed by atoms with Gasteiger partial charge in [0.05, 0.1) is 6.10 Å². The normalized spacial score (nSPS) is 48.0. The molecule has 92 valence electrons. The Morgan fingerprint density at radius 3 is 2.69 bits per heavy atom. The van der Waals surface area contributed by atoms with Crippen LogP contribution in [0, 0.1) is 11.8 Å². The second kappa shape index (κ2) is 4.30. The van der Waals surface area contributed by atoms with Gasteiger partial charge in [0.1, 0.15) is 6.23 Å². The van der Waals surface area contributed by atoms with Gasteiger partial charge in [0.25, 0.3) is 0 Å². The van der Waals surface area contributed by atoms with E-state index in [1.54, 1.807) is 0 Å². The first-order valence-corrected chi connectivity index (χ1v) is 7.26. The molecule has 0 spiro atoms. The van der Waals surface area contributed by atoms with Crippen LogP contribution >= 0.6 is 0 Å². The maximum atomic E-state index is 6.35. The van der Waals surface area contributed by atoms with Crippen LogP contribution in [0.15, 0.2) is 0 Å². The van der Waals surface area contributed by atoms with Gasteiger partial charge in [-0.05, 0) is 38.1 Å². The fraction of sp³-hybridized carbons (Fsp3) is 1.00. The van der Waals surface area contributed by atoms with Crippen LogP contribution < -0.4 is 0 Å². The summed E-state index contributed by atoms with van der Waals surface area (Å²) in [5.74, 6) is 1.75. The molecule has 0 aromatic rings. The molecule has 5 atom stereocenters. The predicted molar refractivity (Wildman–Crippen MR) is 65.2 cm³/mol. The van der Waals surface area contributed by atoms with Crippen LogP contribution in [0.4, 0.5) is 0 Å². The number of hydrogen-bond donors (Lipinski definition) is 0. The number of fused-ring (bicyclic) bond motifs is 3. The molecule has 0 aromatic carbocycles. The summed E-state index contributed by atoms with van der Waals surface area (Å²) in [5.41, 5.74) is 0. The maximum absolute atomic E-state index is 6.35. The van der Waals surface area contributed by atoms with E-state index in [4.69, 9.17) is 4.74 Å². The minimum atomic E-state index is 0.475. The Bertz CT molecular complexity index is 243. The van der Waals surface area contributed by atoms with E-state index >= 15 is 0 Å². The molecule has 0 N–H and O–H groups in total. The molecular weight excluding hydrogens is 198 g/mol. The Balaban J connectivity index is 1.77. The Labute approximate surface area is 99.3 Å². The summed E-state index contributed by atoms with van der Waals surface area (Å²) >= 11 is 0. The van der Waals surface area contributed by atoms with E-state index in [1.807, 2.05) is 0 Å². The number of ether oxygens (including phenoxy) is 1. The van der Waals surface area contributed by atoms with Crippen molar-refractivity contribution in [1.29, 1.82) is 0 Å². The minimum absolute atomic E-state index is 0.475. The molecule has 1 aliphatic carbocycles. The quantitative estimate of drug-likeness (QED) is 0.713. The lowest BCUT2D eigenvalue weighted by atomic mass is 9.78. The summed E-state index contributed by atoms with van der Waals surface area (Å²) in [6.07, 6.45) is 9.36. The third-order valence-electron chi connectivity index (χ3n) is 5.16. The van der Waals surface area contributed by atoms with Crippen LogP contribution in [0.2, 0.25) is 0 Å². The minimum Gasteiger partial charge on any atom is -0.359 e. The summed E-state index contributed by atoms with van der Waals surface area (Å²) in [6.45, 7) is 5.78. The van der Waals surface area contributed by atoms with Crippen molar-refractivity contribution in [3.05, 3.63) is 0 Å². The fourth-order valence-corrected chi connectivity index (χ4v) is 4.39. The highest BCUT2D eigenvalue weighted by Crippen LogP contribution is 2.49. The Kier molecular flexibility index (Phi) is 2.97. The summed E-state index contributed by atoms with van der Waals surface area (Å²) in [7, 11) is 0. The van der Waals surface area contributed by atoms with Crippen molar-refractivity contribution in [1.82, 2.24) is 4.90 Å². The van der Waals surface area contributed by atoms with Crippen molar-refractivity contribution in [2.45, 2.75) is 70.7 Å². The topological polar surface area (TPSA) is 12.5 Å². The SMILES string of the molecule is CCC1CC2C3CCCCC3OC2N1CC. The Morgan fingerprint density at radius 2 is 1.94 bits per heavy atom. The van der Waals surface area contributed by atoms with Crippen molar-refractivity contribution >= 4 is 0 Å². The van der Waals surface area contributed by atoms with E-state index in [2.05, 4.69) is 18.7 Å². The molecule has 3 aliphatic rings. The van der Waals surface area contributed by atoms with E-state index in [1.165, 1.54) is 45.1 Å². The van der Waals surface area contributed by atoms with E-state index in [-0.39, 0.29) is 0 Å². The molecular formula is C14H25NO. The smallest absolute Gasteiger partial charge is 0.114 e. The van der Waals surface area contributed by atoms with Crippen molar-refractivity contribution in [3.63, 3.8) is 0 Å². The average molecular weight is 223 g/mol. The van der Waals surface area contributed by atoms with Gasteiger partial charge in [-0.2, -0.15) is 0 Å². The summed E-state index contributed by atoms with van der Waals surface area (Å²) in [6, 6.07) is 0.794. The third kappa shape index (κ3) is 1.53. The van der Waals surface area contributed by atoms with Crippen molar-refractivity contribution in [3.8, 4) is 0 Å². The maximum Gasteiger partial charge on any atom is 0.114 e. The molecule has 0 amide bonds. The molecule has 3 rings (SSSR count). The molecule has 0 aromatic heterocycles. The number of likely N-dealkylation sites (tertiary alicyclic amines) is 1. The van der Waals surface area contributed by atoms with Gasteiger partial charge in [-0.1, -0.05) is 26.7 Å². The highest BCUT2D eigenvalue weighted by Gasteiger charge is 2.52. The number of rotatable bonds is 2. The van der Waals surface area contributed by atoms with Crippen LogP contribution in [0.1, 0.15) is 52.4 Å². The van der Waals surface area contributed by atoms with Gasteiger partial charge in [-0.15, -0.1) is 0 Å². The second-order valence-corrected chi connectivity index (χ2v) is 5.81. The van der Waals surface area contributed by atoms with Crippen molar-refractivity contribution in [2.75, 3.05) is 6.54 Å². The molecule has 2 saturated heterocycles. The molecule has 2 nitrogen and oxygen atoms in total. The van der Waals surface area contributed by atoms with Gasteiger partial charge in [-0.25, -0.2) is 0 Å². The first-order chi connectivity index (χ1) is 7.85. The zero-order chi connectivity index (χ0) is 11.1. The zero-order valence-corrected chi connectivity index (χ0v) is 10.7. The molecule has 2 heterocycles. The Hall–Kier alpha value is -0.0800. The summed E-state index contributed by atoms with van der Waals surface area (Å²) in [5, 5.41) is 0. The molecule has 3 fully saturated rings. The van der Waals surface area contributed by atoms with Crippen molar-refractivity contribution < 1.29 is 4.74 Å². The lowest BCUT2D eigenvalue weighted by Crippen LogP contribution is -2.37. The molecule has 2 heteroatoms. The van der Waals surface area contributed by atoms with Crippen LogP contribution in [0.25, 0.3) is 0 Å². The first kappa shape index (κ1) is 11.0. The lowest BCUT2D eigenvalue weighted by Gasteiger charge is -2.30. The van der Waals surface area contributed by atoms with E-state index in [0.29, 0.717) is 12.3 Å². The number of hydrogen-bond acceptors (Lipinski definition) is 2. The van der Waals surface area contributed by atoms with Crippen LogP contribution in [-0.2, 0) is 4.74 Å². The first-order valence-electron chi connectivity index (χ1n) is 7.26. The molecule has 2 aliphatic heterocycles. The van der Waals surface area contributed by atoms with Gasteiger partial charge in [0.15, 0.2) is 0 Å². The largest absolute Gasteiger partial charge is 0.359 e. The van der Waals surface area contributed by atoms with E-state index in [0.717, 1.165) is 17.9 Å². The van der Waals surface area contributed by atoms with E-state index in [9.17, 15) is 0 Å². The summed E-state index contributed by atoms with van der Waals surface area (Å²) in [4.78, 5) is 2.63. The lowest BCUT2D eigenvalue weighted by molar-refractivity contribution is -0.0640. The zero-order valence-electron chi connectivity index (χ0n) is 10.7. The third-order valence-corrected chi connectivity index (χ3v) is 5.16. The van der Waals surface area contributed by atoms with Crippen molar-refractivity contribution in [2.24, 2.45) is 11.8 Å². The van der Waals surface area contributed by atoms with Crippen LogP contribution in [0.3, 0.4) is 0 Å². The molecule has 0 bridgehead atoms. The number of nitrogens with zero attached hydrogens (tertiary/aromatic N) is 1. The summed E-state index contributed by atoms with van der Waals surface area (Å²) < 4.78 is 6.35. The molecule has 1 saturated carbocycles. The molecule has 5 unspecified atom stereocenters. The highest BCUT2D eigenvalue weighted by molar-refractivity contribution is 4.99.